The number of nitrogens with one attached hydrogen (secondary N) is 4. The number of carboxylic acids is 2. The maximum absolute atomic E-state index is 12.5. The summed E-state index contributed by atoms with van der Waals surface area (Å²) in [6, 6.07) is -1.48. The van der Waals surface area contributed by atoms with E-state index in [2.05, 4.69) is 16.0 Å². The Morgan fingerprint density at radius 3 is 1.63 bits per heavy atom. The van der Waals surface area contributed by atoms with Crippen LogP contribution in [-0.4, -0.2) is 114 Å². The SMILES string of the molecule is CC.CC.CCCC(C)=O.O=[C-]CN(CCNC(=O)CCC(NC(=O)CCCCCCCCCCCCCCC(=O)O)C(=O)O)C(=O)C1CCCN1.[B]C(=O)C(C)(C)[NH-].[Y]. The third-order valence-corrected chi connectivity index (χ3v) is 8.69. The first kappa shape index (κ1) is 66.5. The molecule has 60 heavy (non-hydrogen) atoms. The third-order valence-electron chi connectivity index (χ3n) is 8.69. The van der Waals surface area contributed by atoms with Gasteiger partial charge in [-0.1, -0.05) is 125 Å². The number of unbranched alkanes of at least 4 members (excludes halogenated alkanes) is 11. The van der Waals surface area contributed by atoms with E-state index >= 15 is 0 Å². The number of amides is 3. The largest absolute Gasteiger partial charge is 0.667 e. The van der Waals surface area contributed by atoms with Crippen LogP contribution in [0.1, 0.15) is 184 Å². The smallest absolute Gasteiger partial charge is 0.326 e. The van der Waals surface area contributed by atoms with Gasteiger partial charge in [-0.15, -0.1) is 0 Å². The first-order valence-electron chi connectivity index (χ1n) is 21.9. The fourth-order valence-corrected chi connectivity index (χ4v) is 5.36. The zero-order valence-electron chi connectivity index (χ0n) is 38.4. The summed E-state index contributed by atoms with van der Waals surface area (Å²) in [5.41, 5.74) is 5.21. The first-order chi connectivity index (χ1) is 28.0. The Morgan fingerprint density at radius 2 is 1.28 bits per heavy atom. The van der Waals surface area contributed by atoms with Crippen molar-refractivity contribution in [1.29, 1.82) is 0 Å². The van der Waals surface area contributed by atoms with Crippen LogP contribution in [0, 0.1) is 0 Å². The zero-order valence-corrected chi connectivity index (χ0v) is 41.2. The number of nitrogens with zero attached hydrogens (tertiary/aromatic N) is 1. The molecule has 1 saturated heterocycles. The van der Waals surface area contributed by atoms with E-state index < -0.39 is 35.1 Å². The molecule has 1 aliphatic heterocycles. The maximum atomic E-state index is 12.5. The quantitative estimate of drug-likeness (QED) is 0.0303. The van der Waals surface area contributed by atoms with Crippen LogP contribution in [0.25, 0.3) is 5.73 Å². The van der Waals surface area contributed by atoms with Gasteiger partial charge in [-0.3, -0.25) is 19.2 Å². The summed E-state index contributed by atoms with van der Waals surface area (Å²) in [5, 5.41) is 26.3. The van der Waals surface area contributed by atoms with Crippen molar-refractivity contribution in [3.63, 3.8) is 0 Å². The first-order valence-corrected chi connectivity index (χ1v) is 21.9. The molecule has 1 rings (SSSR count). The Kier molecular flexibility index (Phi) is 51.0. The molecule has 0 aromatic rings. The predicted molar refractivity (Wildman–Crippen MR) is 235 cm³/mol. The van der Waals surface area contributed by atoms with Crippen molar-refractivity contribution in [2.75, 3.05) is 26.2 Å². The second-order valence-electron chi connectivity index (χ2n) is 14.5. The molecule has 2 unspecified atom stereocenters. The van der Waals surface area contributed by atoms with Crippen molar-refractivity contribution in [2.24, 2.45) is 0 Å². The fraction of sp³-hybridized carbons (Fsp3) is 0.814. The summed E-state index contributed by atoms with van der Waals surface area (Å²) < 4.78 is 0. The van der Waals surface area contributed by atoms with Crippen molar-refractivity contribution in [1.82, 2.24) is 20.9 Å². The van der Waals surface area contributed by atoms with Crippen LogP contribution in [0.15, 0.2) is 0 Å². The Bertz CT molecular complexity index is 1150. The molecule has 0 bridgehead atoms. The summed E-state index contributed by atoms with van der Waals surface area (Å²) in [6.45, 7) is 15.4. The molecule has 0 saturated carbocycles. The van der Waals surface area contributed by atoms with E-state index in [1.54, 1.807) is 13.2 Å². The second-order valence-corrected chi connectivity index (χ2v) is 14.5. The molecular formula is C43H80BN5O10Y-2. The summed E-state index contributed by atoms with van der Waals surface area (Å²) >= 11 is 0. The number of ketones is 1. The van der Waals surface area contributed by atoms with Gasteiger partial charge in [0.1, 0.15) is 11.8 Å². The van der Waals surface area contributed by atoms with Gasteiger partial charge in [-0.05, 0) is 52.0 Å². The molecule has 0 spiro atoms. The number of carbonyl (C=O) groups is 7. The second kappa shape index (κ2) is 46.0. The van der Waals surface area contributed by atoms with Crippen molar-refractivity contribution < 1.29 is 81.3 Å². The van der Waals surface area contributed by atoms with Gasteiger partial charge >= 0.3 is 11.9 Å². The number of carboxylic acid groups (broad SMARTS) is 2. The average Bonchev–Trinajstić information content (AvgIpc) is 3.73. The van der Waals surface area contributed by atoms with Gasteiger partial charge in [0, 0.05) is 71.5 Å². The predicted octanol–water partition coefficient (Wildman–Crippen LogP) is 6.63. The van der Waals surface area contributed by atoms with Gasteiger partial charge in [-0.25, -0.2) is 11.1 Å². The van der Waals surface area contributed by atoms with E-state index in [1.165, 1.54) is 38.0 Å². The van der Waals surface area contributed by atoms with Crippen LogP contribution in [0.4, 0.5) is 0 Å². The Morgan fingerprint density at radius 1 is 0.817 bits per heavy atom. The van der Waals surface area contributed by atoms with Crippen LogP contribution in [-0.2, 0) is 71.1 Å². The molecule has 1 aliphatic rings. The minimum atomic E-state index is -1.20. The van der Waals surface area contributed by atoms with Gasteiger partial charge in [0.15, 0.2) is 7.85 Å². The standard InChI is InChI=1S/C30H51N4O8.C5H10O.C4H7BNO.2C2H6.Y/c35-23-22-34(29(40)24-14-13-19-31-24)21-20-32-26(36)18-17-25(30(41)42)33-27(37)15-11-9-7-5-3-1-2-4-6-8-10-12-16-28(38)39;1-3-4-5(2)6;1-4(2,6)3(5)7;2*1-2;/h24-25,31H,1-22H2,(H,32,36)(H,33,37)(H,38,39)(H,41,42);3-4H2,1-2H3;6H,1-2H3;2*1-2H3;/q-1;;-1;;;. The Labute approximate surface area is 388 Å². The third kappa shape index (κ3) is 45.0. The molecular weight excluding hydrogens is 846 g/mol. The molecule has 0 aromatic heterocycles. The number of hydrogen-bond acceptors (Lipinski definition) is 9. The van der Waals surface area contributed by atoms with E-state index in [0.29, 0.717) is 12.8 Å². The van der Waals surface area contributed by atoms with Crippen LogP contribution in [0.3, 0.4) is 0 Å². The number of rotatable bonds is 29. The number of Topliss-reactive ketones (excluding diaryl/α,β-unsaturated/α-hetero) is 1. The number of hydrogen-bond donors (Lipinski definition) is 5. The van der Waals surface area contributed by atoms with Crippen molar-refractivity contribution in [2.45, 2.75) is 201 Å². The minimum absolute atomic E-state index is 0. The van der Waals surface area contributed by atoms with E-state index in [4.69, 9.17) is 18.7 Å². The zero-order chi connectivity index (χ0) is 46.1. The molecule has 3 amide bonds. The summed E-state index contributed by atoms with van der Waals surface area (Å²) in [4.78, 5) is 91.3. The number of carbonyl (C=O) groups excluding carboxylic acids is 6. The summed E-state index contributed by atoms with van der Waals surface area (Å²) in [6.07, 6.45) is 17.7. The van der Waals surface area contributed by atoms with Crippen molar-refractivity contribution >= 4 is 55.3 Å². The van der Waals surface area contributed by atoms with Crippen molar-refractivity contribution in [3.8, 4) is 0 Å². The van der Waals surface area contributed by atoms with Crippen LogP contribution >= 0.6 is 0 Å². The van der Waals surface area contributed by atoms with E-state index in [9.17, 15) is 43.5 Å². The molecule has 3 radical (unpaired) electrons. The maximum Gasteiger partial charge on any atom is 0.326 e. The van der Waals surface area contributed by atoms with Gasteiger partial charge in [-0.2, -0.15) is 0 Å². The van der Waals surface area contributed by atoms with E-state index in [1.807, 2.05) is 34.6 Å². The molecule has 0 aromatic carbocycles. The van der Waals surface area contributed by atoms with E-state index in [-0.39, 0.29) is 102 Å². The van der Waals surface area contributed by atoms with Gasteiger partial charge < -0.3 is 51.2 Å². The monoisotopic (exact) mass is 927 g/mol. The van der Waals surface area contributed by atoms with Gasteiger partial charge in [0.05, 0.1) is 11.7 Å². The average molecular weight is 927 g/mol. The van der Waals surface area contributed by atoms with Gasteiger partial charge in [0.25, 0.3) is 0 Å². The molecule has 345 valence electrons. The fourth-order valence-electron chi connectivity index (χ4n) is 5.36. The van der Waals surface area contributed by atoms with Crippen molar-refractivity contribution in [3.05, 3.63) is 5.73 Å². The minimum Gasteiger partial charge on any atom is -0.667 e. The summed E-state index contributed by atoms with van der Waals surface area (Å²) in [5.74, 6) is -2.57. The number of aliphatic carboxylic acids is 2. The molecule has 17 heteroatoms. The Balaban J connectivity index is -0.000000472. The van der Waals surface area contributed by atoms with Crippen LogP contribution in [0.2, 0.25) is 0 Å². The topological polar surface area (TPSA) is 240 Å². The molecule has 6 N–H and O–H groups in total. The van der Waals surface area contributed by atoms with E-state index in [0.717, 1.165) is 77.2 Å². The summed E-state index contributed by atoms with van der Waals surface area (Å²) in [7, 11) is 4.74. The molecule has 1 fully saturated rings. The van der Waals surface area contributed by atoms with Crippen LogP contribution < -0.4 is 16.0 Å². The molecule has 0 aliphatic carbocycles. The Hall–Kier alpha value is -2.55. The normalized spacial score (nSPS) is 12.9. The molecule has 1 heterocycles. The molecule has 2 atom stereocenters. The molecule has 15 nitrogen and oxygen atoms in total. The van der Waals surface area contributed by atoms with Crippen LogP contribution in [0.5, 0.6) is 0 Å². The van der Waals surface area contributed by atoms with Gasteiger partial charge in [0.2, 0.25) is 17.7 Å².